The summed E-state index contributed by atoms with van der Waals surface area (Å²) in [6.07, 6.45) is 0. The molecular formula is C18H16ClNO3. The van der Waals surface area contributed by atoms with Crippen molar-refractivity contribution in [1.29, 1.82) is 0 Å². The van der Waals surface area contributed by atoms with Crippen LogP contribution in [0.25, 0.3) is 0 Å². The first-order chi connectivity index (χ1) is 11.0. The Balaban J connectivity index is 1.86. The van der Waals surface area contributed by atoms with Crippen molar-refractivity contribution in [2.75, 3.05) is 12.0 Å². The van der Waals surface area contributed by atoms with E-state index < -0.39 is 0 Å². The summed E-state index contributed by atoms with van der Waals surface area (Å²) in [6, 6.07) is 12.7. The average molecular weight is 330 g/mol. The van der Waals surface area contributed by atoms with Gasteiger partial charge in [-0.15, -0.1) is 0 Å². The quantitative estimate of drug-likeness (QED) is 0.805. The van der Waals surface area contributed by atoms with Gasteiger partial charge in [0.05, 0.1) is 19.6 Å². The Morgan fingerprint density at radius 3 is 2.52 bits per heavy atom. The summed E-state index contributed by atoms with van der Waals surface area (Å²) >= 11 is 6.18. The molecule has 118 valence electrons. The van der Waals surface area contributed by atoms with Gasteiger partial charge in [0.15, 0.2) is 0 Å². The van der Waals surface area contributed by atoms with Crippen molar-refractivity contribution in [3.8, 4) is 0 Å². The molecule has 3 rings (SSSR count). The fraction of sp³-hybridized carbons (Fsp3) is 0.222. The Morgan fingerprint density at radius 2 is 1.91 bits per heavy atom. The SMILES string of the molecule is COC(=O)C(C)c1ccc(N2Cc3c(Cl)cccc3C2=O)cc1. The van der Waals surface area contributed by atoms with Gasteiger partial charge in [-0.2, -0.15) is 0 Å². The van der Waals surface area contributed by atoms with Crippen LogP contribution in [0.15, 0.2) is 42.5 Å². The Hall–Kier alpha value is -2.33. The molecule has 0 aliphatic carbocycles. The maximum Gasteiger partial charge on any atom is 0.312 e. The summed E-state index contributed by atoms with van der Waals surface area (Å²) in [5, 5.41) is 0.606. The highest BCUT2D eigenvalue weighted by molar-refractivity contribution is 6.32. The highest BCUT2D eigenvalue weighted by Gasteiger charge is 2.30. The van der Waals surface area contributed by atoms with Gasteiger partial charge >= 0.3 is 5.97 Å². The first-order valence-corrected chi connectivity index (χ1v) is 7.67. The molecule has 2 aromatic carbocycles. The molecule has 1 amide bonds. The number of benzene rings is 2. The zero-order valence-corrected chi connectivity index (χ0v) is 13.6. The van der Waals surface area contributed by atoms with Crippen LogP contribution in [0, 0.1) is 0 Å². The van der Waals surface area contributed by atoms with E-state index in [1.54, 1.807) is 30.0 Å². The van der Waals surface area contributed by atoms with Crippen LogP contribution in [0.3, 0.4) is 0 Å². The third-order valence-corrected chi connectivity index (χ3v) is 4.52. The van der Waals surface area contributed by atoms with Gasteiger partial charge in [-0.1, -0.05) is 29.8 Å². The van der Waals surface area contributed by atoms with E-state index in [-0.39, 0.29) is 17.8 Å². The molecular weight excluding hydrogens is 314 g/mol. The largest absolute Gasteiger partial charge is 0.469 e. The van der Waals surface area contributed by atoms with Crippen LogP contribution in [0.5, 0.6) is 0 Å². The number of amides is 1. The van der Waals surface area contributed by atoms with Crippen molar-refractivity contribution in [3.63, 3.8) is 0 Å². The number of nitrogens with zero attached hydrogens (tertiary/aromatic N) is 1. The second-order valence-corrected chi connectivity index (χ2v) is 5.90. The Bertz CT molecular complexity index is 770. The van der Waals surface area contributed by atoms with E-state index in [0.717, 1.165) is 16.8 Å². The fourth-order valence-electron chi connectivity index (χ4n) is 2.76. The molecule has 0 N–H and O–H groups in total. The minimum Gasteiger partial charge on any atom is -0.469 e. The second kappa shape index (κ2) is 6.05. The molecule has 5 heteroatoms. The Kier molecular flexibility index (Phi) is 4.09. The van der Waals surface area contributed by atoms with Crippen molar-refractivity contribution in [3.05, 3.63) is 64.2 Å². The van der Waals surface area contributed by atoms with E-state index in [9.17, 15) is 9.59 Å². The number of carbonyl (C=O) groups is 2. The molecule has 0 bridgehead atoms. The molecule has 1 aliphatic rings. The summed E-state index contributed by atoms with van der Waals surface area (Å²) < 4.78 is 4.75. The topological polar surface area (TPSA) is 46.6 Å². The van der Waals surface area contributed by atoms with Crippen LogP contribution in [0.4, 0.5) is 5.69 Å². The summed E-state index contributed by atoms with van der Waals surface area (Å²) in [6.45, 7) is 2.25. The van der Waals surface area contributed by atoms with Crippen LogP contribution in [-0.2, 0) is 16.1 Å². The van der Waals surface area contributed by atoms with Crippen LogP contribution in [0.1, 0.15) is 34.3 Å². The molecule has 23 heavy (non-hydrogen) atoms. The molecule has 0 saturated heterocycles. The predicted octanol–water partition coefficient (Wildman–Crippen LogP) is 3.78. The van der Waals surface area contributed by atoms with Crippen LogP contribution >= 0.6 is 11.6 Å². The lowest BCUT2D eigenvalue weighted by Gasteiger charge is -2.17. The van der Waals surface area contributed by atoms with Crippen molar-refractivity contribution < 1.29 is 14.3 Å². The first kappa shape index (κ1) is 15.6. The van der Waals surface area contributed by atoms with Gasteiger partial charge in [-0.25, -0.2) is 0 Å². The number of methoxy groups -OCH3 is 1. The third-order valence-electron chi connectivity index (χ3n) is 4.17. The summed E-state index contributed by atoms with van der Waals surface area (Å²) in [7, 11) is 1.37. The Labute approximate surface area is 139 Å². The van der Waals surface area contributed by atoms with Crippen molar-refractivity contribution in [2.45, 2.75) is 19.4 Å². The minimum atomic E-state index is -0.338. The van der Waals surface area contributed by atoms with Gasteiger partial charge in [-0.05, 0) is 36.8 Å². The highest BCUT2D eigenvalue weighted by Crippen LogP contribution is 2.33. The number of hydrogen-bond acceptors (Lipinski definition) is 3. The number of hydrogen-bond donors (Lipinski definition) is 0. The average Bonchev–Trinajstić information content (AvgIpc) is 2.92. The highest BCUT2D eigenvalue weighted by atomic mass is 35.5. The monoisotopic (exact) mass is 329 g/mol. The zero-order chi connectivity index (χ0) is 16.6. The molecule has 1 atom stereocenters. The number of carbonyl (C=O) groups excluding carboxylic acids is 2. The molecule has 4 nitrogen and oxygen atoms in total. The number of halogens is 1. The van der Waals surface area contributed by atoms with E-state index >= 15 is 0 Å². The van der Waals surface area contributed by atoms with Crippen LogP contribution < -0.4 is 4.90 Å². The lowest BCUT2D eigenvalue weighted by Crippen LogP contribution is -2.23. The molecule has 1 heterocycles. The van der Waals surface area contributed by atoms with Gasteiger partial charge in [0.25, 0.3) is 5.91 Å². The Morgan fingerprint density at radius 1 is 1.22 bits per heavy atom. The number of rotatable bonds is 3. The molecule has 1 unspecified atom stereocenters. The van der Waals surface area contributed by atoms with E-state index in [4.69, 9.17) is 16.3 Å². The zero-order valence-electron chi connectivity index (χ0n) is 12.9. The summed E-state index contributed by atoms with van der Waals surface area (Å²) in [4.78, 5) is 25.8. The van der Waals surface area contributed by atoms with Gasteiger partial charge in [0.1, 0.15) is 0 Å². The molecule has 0 saturated carbocycles. The van der Waals surface area contributed by atoms with Gasteiger partial charge in [0, 0.05) is 21.8 Å². The standard InChI is InChI=1S/C18H16ClNO3/c1-11(18(22)23-2)12-6-8-13(9-7-12)20-10-15-14(17(20)21)4-3-5-16(15)19/h3-9,11H,10H2,1-2H3. The minimum absolute atomic E-state index is 0.0590. The van der Waals surface area contributed by atoms with Gasteiger partial charge in [0.2, 0.25) is 0 Å². The van der Waals surface area contributed by atoms with E-state index in [0.29, 0.717) is 17.1 Å². The fourth-order valence-corrected chi connectivity index (χ4v) is 2.99. The number of ether oxygens (including phenoxy) is 1. The van der Waals surface area contributed by atoms with Crippen LogP contribution in [-0.4, -0.2) is 19.0 Å². The van der Waals surface area contributed by atoms with Crippen molar-refractivity contribution in [2.24, 2.45) is 0 Å². The lowest BCUT2D eigenvalue weighted by molar-refractivity contribution is -0.141. The summed E-state index contributed by atoms with van der Waals surface area (Å²) in [5.74, 6) is -0.680. The number of esters is 1. The molecule has 0 fully saturated rings. The van der Waals surface area contributed by atoms with E-state index in [1.165, 1.54) is 7.11 Å². The third kappa shape index (κ3) is 2.70. The lowest BCUT2D eigenvalue weighted by atomic mass is 10.0. The molecule has 2 aromatic rings. The predicted molar refractivity (Wildman–Crippen MR) is 88.8 cm³/mol. The van der Waals surface area contributed by atoms with Crippen molar-refractivity contribution in [1.82, 2.24) is 0 Å². The van der Waals surface area contributed by atoms with Crippen molar-refractivity contribution >= 4 is 29.2 Å². The smallest absolute Gasteiger partial charge is 0.312 e. The molecule has 0 aromatic heterocycles. The summed E-state index contributed by atoms with van der Waals surface area (Å²) in [5.41, 5.74) is 3.13. The van der Waals surface area contributed by atoms with Gasteiger partial charge < -0.3 is 9.64 Å². The first-order valence-electron chi connectivity index (χ1n) is 7.30. The second-order valence-electron chi connectivity index (χ2n) is 5.49. The molecule has 0 spiro atoms. The molecule has 1 aliphatic heterocycles. The number of anilines is 1. The maximum absolute atomic E-state index is 12.5. The maximum atomic E-state index is 12.5. The van der Waals surface area contributed by atoms with E-state index in [2.05, 4.69) is 0 Å². The normalized spacial score (nSPS) is 14.6. The number of fused-ring (bicyclic) bond motifs is 1. The van der Waals surface area contributed by atoms with Gasteiger partial charge in [-0.3, -0.25) is 9.59 Å². The van der Waals surface area contributed by atoms with Crippen LogP contribution in [0.2, 0.25) is 5.02 Å². The molecule has 0 radical (unpaired) electrons. The van der Waals surface area contributed by atoms with E-state index in [1.807, 2.05) is 24.3 Å².